The van der Waals surface area contributed by atoms with Crippen LogP contribution in [0.4, 0.5) is 22.0 Å². The average Bonchev–Trinajstić information content (AvgIpc) is 2.52. The van der Waals surface area contributed by atoms with Crippen molar-refractivity contribution in [2.24, 2.45) is 5.73 Å². The predicted molar refractivity (Wildman–Crippen MR) is 38.7 cm³/mol. The SMILES string of the molecule is N[C@@H](c1ccc[nH]1)C(F)(F)C(F)(F)F. The second kappa shape index (κ2) is 3.23. The molecule has 0 saturated heterocycles. The molecule has 0 saturated carbocycles. The van der Waals surface area contributed by atoms with Gasteiger partial charge < -0.3 is 10.7 Å². The lowest BCUT2D eigenvalue weighted by atomic mass is 10.1. The number of halogens is 5. The van der Waals surface area contributed by atoms with E-state index in [1.54, 1.807) is 0 Å². The van der Waals surface area contributed by atoms with E-state index in [-0.39, 0.29) is 5.69 Å². The van der Waals surface area contributed by atoms with Crippen LogP contribution in [-0.4, -0.2) is 17.1 Å². The van der Waals surface area contributed by atoms with Gasteiger partial charge in [0.15, 0.2) is 0 Å². The molecule has 0 aliphatic heterocycles. The van der Waals surface area contributed by atoms with Crippen LogP contribution in [0.3, 0.4) is 0 Å². The summed E-state index contributed by atoms with van der Waals surface area (Å²) in [5.74, 6) is -4.93. The third kappa shape index (κ3) is 1.72. The second-order valence-corrected chi connectivity index (χ2v) is 2.72. The summed E-state index contributed by atoms with van der Waals surface area (Å²) in [7, 11) is 0. The molecule has 1 aromatic heterocycles. The largest absolute Gasteiger partial charge is 0.455 e. The molecule has 2 nitrogen and oxygen atoms in total. The van der Waals surface area contributed by atoms with Gasteiger partial charge in [0.2, 0.25) is 0 Å². The monoisotopic (exact) mass is 214 g/mol. The first-order valence-corrected chi connectivity index (χ1v) is 3.60. The van der Waals surface area contributed by atoms with Crippen molar-refractivity contribution in [3.63, 3.8) is 0 Å². The molecule has 14 heavy (non-hydrogen) atoms. The number of hydrogen-bond acceptors (Lipinski definition) is 1. The predicted octanol–water partition coefficient (Wildman–Crippen LogP) is 2.21. The number of aromatic nitrogens is 1. The highest BCUT2D eigenvalue weighted by molar-refractivity contribution is 5.12. The van der Waals surface area contributed by atoms with Crippen molar-refractivity contribution in [1.29, 1.82) is 0 Å². The molecular weight excluding hydrogens is 207 g/mol. The van der Waals surface area contributed by atoms with E-state index in [1.165, 1.54) is 12.3 Å². The summed E-state index contributed by atoms with van der Waals surface area (Å²) in [6, 6.07) is -0.0381. The van der Waals surface area contributed by atoms with Crippen LogP contribution in [0.15, 0.2) is 18.3 Å². The fourth-order valence-corrected chi connectivity index (χ4v) is 0.909. The van der Waals surface area contributed by atoms with Crippen LogP contribution < -0.4 is 5.73 Å². The van der Waals surface area contributed by atoms with E-state index < -0.39 is 18.1 Å². The third-order valence-electron chi connectivity index (χ3n) is 1.73. The van der Waals surface area contributed by atoms with Gasteiger partial charge in [-0.15, -0.1) is 0 Å². The van der Waals surface area contributed by atoms with Crippen molar-refractivity contribution in [1.82, 2.24) is 4.98 Å². The quantitative estimate of drug-likeness (QED) is 0.728. The number of hydrogen-bond donors (Lipinski definition) is 2. The minimum Gasteiger partial charge on any atom is -0.364 e. The van der Waals surface area contributed by atoms with Gasteiger partial charge in [0.1, 0.15) is 6.04 Å². The smallest absolute Gasteiger partial charge is 0.364 e. The van der Waals surface area contributed by atoms with Crippen LogP contribution in [0.25, 0.3) is 0 Å². The molecule has 0 amide bonds. The molecule has 1 heterocycles. The highest BCUT2D eigenvalue weighted by atomic mass is 19.4. The molecule has 0 fully saturated rings. The van der Waals surface area contributed by atoms with Gasteiger partial charge in [-0.25, -0.2) is 0 Å². The Labute approximate surface area is 75.9 Å². The van der Waals surface area contributed by atoms with Crippen molar-refractivity contribution in [3.05, 3.63) is 24.0 Å². The topological polar surface area (TPSA) is 41.8 Å². The summed E-state index contributed by atoms with van der Waals surface area (Å²) >= 11 is 0. The van der Waals surface area contributed by atoms with Crippen molar-refractivity contribution in [3.8, 4) is 0 Å². The summed E-state index contributed by atoms with van der Waals surface area (Å²) < 4.78 is 60.7. The van der Waals surface area contributed by atoms with Crippen LogP contribution in [0, 0.1) is 0 Å². The third-order valence-corrected chi connectivity index (χ3v) is 1.73. The molecule has 80 valence electrons. The van der Waals surface area contributed by atoms with Gasteiger partial charge in [0, 0.05) is 11.9 Å². The molecule has 0 radical (unpaired) electrons. The standard InChI is InChI=1S/C7H7F5N2/c8-6(9,7(10,11)12)5(13)4-2-1-3-14-4/h1-3,5,14H,13H2/t5-/m0/s1. The first kappa shape index (κ1) is 11.0. The zero-order valence-electron chi connectivity index (χ0n) is 6.78. The molecule has 0 aromatic carbocycles. The number of rotatable bonds is 2. The highest BCUT2D eigenvalue weighted by Crippen LogP contribution is 2.42. The number of nitrogens with one attached hydrogen (secondary N) is 1. The van der Waals surface area contributed by atoms with Gasteiger partial charge in [0.05, 0.1) is 0 Å². The van der Waals surface area contributed by atoms with E-state index in [4.69, 9.17) is 5.73 Å². The molecule has 1 aromatic rings. The lowest BCUT2D eigenvalue weighted by Crippen LogP contribution is -2.45. The molecule has 0 aliphatic carbocycles. The van der Waals surface area contributed by atoms with E-state index in [9.17, 15) is 22.0 Å². The highest BCUT2D eigenvalue weighted by Gasteiger charge is 2.62. The number of alkyl halides is 5. The van der Waals surface area contributed by atoms with Gasteiger partial charge in [-0.3, -0.25) is 0 Å². The zero-order chi connectivity index (χ0) is 11.0. The molecule has 1 rings (SSSR count). The van der Waals surface area contributed by atoms with E-state index in [0.717, 1.165) is 6.07 Å². The minimum absolute atomic E-state index is 0.354. The lowest BCUT2D eigenvalue weighted by Gasteiger charge is -2.24. The molecule has 0 spiro atoms. The zero-order valence-corrected chi connectivity index (χ0v) is 6.78. The summed E-state index contributed by atoms with van der Waals surface area (Å²) in [5.41, 5.74) is 4.45. The van der Waals surface area contributed by atoms with E-state index in [1.807, 2.05) is 0 Å². The number of H-pyrrole nitrogens is 1. The fourth-order valence-electron chi connectivity index (χ4n) is 0.909. The summed E-state index contributed by atoms with van der Waals surface area (Å²) in [6.45, 7) is 0. The Morgan fingerprint density at radius 3 is 2.14 bits per heavy atom. The molecule has 0 unspecified atom stereocenters. The van der Waals surface area contributed by atoms with E-state index in [2.05, 4.69) is 4.98 Å². The van der Waals surface area contributed by atoms with Crippen molar-refractivity contribution in [2.45, 2.75) is 18.1 Å². The Morgan fingerprint density at radius 1 is 1.21 bits per heavy atom. The van der Waals surface area contributed by atoms with Gasteiger partial charge in [-0.2, -0.15) is 22.0 Å². The van der Waals surface area contributed by atoms with Gasteiger partial charge in [0.25, 0.3) is 0 Å². The first-order valence-electron chi connectivity index (χ1n) is 3.60. The normalized spacial score (nSPS) is 15.6. The molecule has 3 N–H and O–H groups in total. The number of aromatic amines is 1. The molecule has 1 atom stereocenters. The van der Waals surface area contributed by atoms with Crippen LogP contribution in [0.1, 0.15) is 11.7 Å². The maximum Gasteiger partial charge on any atom is 0.455 e. The van der Waals surface area contributed by atoms with Gasteiger partial charge in [-0.05, 0) is 12.1 Å². The minimum atomic E-state index is -5.64. The summed E-state index contributed by atoms with van der Waals surface area (Å²) in [6.07, 6.45) is -4.42. The second-order valence-electron chi connectivity index (χ2n) is 2.72. The molecular formula is C7H7F5N2. The fraction of sp³-hybridized carbons (Fsp3) is 0.429. The Morgan fingerprint density at radius 2 is 1.79 bits per heavy atom. The van der Waals surface area contributed by atoms with Gasteiger partial charge in [-0.1, -0.05) is 0 Å². The molecule has 0 aliphatic rings. The summed E-state index contributed by atoms with van der Waals surface area (Å²) in [5, 5.41) is 0. The van der Waals surface area contributed by atoms with Crippen molar-refractivity contribution < 1.29 is 22.0 Å². The van der Waals surface area contributed by atoms with Crippen molar-refractivity contribution >= 4 is 0 Å². The number of nitrogens with two attached hydrogens (primary N) is 1. The van der Waals surface area contributed by atoms with Gasteiger partial charge >= 0.3 is 12.1 Å². The Kier molecular flexibility index (Phi) is 2.53. The first-order chi connectivity index (χ1) is 6.27. The summed E-state index contributed by atoms with van der Waals surface area (Å²) in [4.78, 5) is 2.21. The average molecular weight is 214 g/mol. The molecule has 7 heteroatoms. The maximum atomic E-state index is 12.6. The van der Waals surface area contributed by atoms with Crippen LogP contribution in [0.5, 0.6) is 0 Å². The Hall–Kier alpha value is -1.11. The lowest BCUT2D eigenvalue weighted by molar-refractivity contribution is -0.291. The van der Waals surface area contributed by atoms with Crippen LogP contribution in [-0.2, 0) is 0 Å². The Bertz CT molecular complexity index is 290. The Balaban J connectivity index is 2.94. The van der Waals surface area contributed by atoms with E-state index in [0.29, 0.717) is 0 Å². The van der Waals surface area contributed by atoms with Crippen LogP contribution in [0.2, 0.25) is 0 Å². The van der Waals surface area contributed by atoms with E-state index >= 15 is 0 Å². The maximum absolute atomic E-state index is 12.6. The molecule has 0 bridgehead atoms. The van der Waals surface area contributed by atoms with Crippen molar-refractivity contribution in [2.75, 3.05) is 0 Å². The van der Waals surface area contributed by atoms with Crippen LogP contribution >= 0.6 is 0 Å².